The molecule has 1 atom stereocenters. The van der Waals surface area contributed by atoms with Gasteiger partial charge in [0.2, 0.25) is 0 Å². The molecule has 1 heterocycles. The summed E-state index contributed by atoms with van der Waals surface area (Å²) in [6.45, 7) is 5.91. The Kier molecular flexibility index (Phi) is 3.54. The maximum atomic E-state index is 5.60. The summed E-state index contributed by atoms with van der Waals surface area (Å²) in [5, 5.41) is 7.02. The molecule has 3 heteroatoms. The SMILES string of the molecule is CCCC1CNc2c(cccc2OCC)N1. The topological polar surface area (TPSA) is 33.3 Å². The zero-order chi connectivity index (χ0) is 11.4. The number of hydrogen-bond acceptors (Lipinski definition) is 3. The van der Waals surface area contributed by atoms with Crippen molar-refractivity contribution in [3.05, 3.63) is 18.2 Å². The Labute approximate surface area is 97.2 Å². The Morgan fingerprint density at radius 2 is 2.25 bits per heavy atom. The zero-order valence-corrected chi connectivity index (χ0v) is 10.0. The Hall–Kier alpha value is -1.38. The van der Waals surface area contributed by atoms with Crippen molar-refractivity contribution in [1.82, 2.24) is 0 Å². The molecule has 0 spiro atoms. The molecule has 0 amide bonds. The van der Waals surface area contributed by atoms with Crippen LogP contribution in [0.3, 0.4) is 0 Å². The van der Waals surface area contributed by atoms with Crippen molar-refractivity contribution in [1.29, 1.82) is 0 Å². The van der Waals surface area contributed by atoms with Crippen LogP contribution >= 0.6 is 0 Å². The Morgan fingerprint density at radius 3 is 3.00 bits per heavy atom. The van der Waals surface area contributed by atoms with Crippen LogP contribution in [-0.4, -0.2) is 19.2 Å². The molecule has 1 aromatic rings. The predicted octanol–water partition coefficient (Wildman–Crippen LogP) is 3.09. The molecule has 16 heavy (non-hydrogen) atoms. The van der Waals surface area contributed by atoms with E-state index in [9.17, 15) is 0 Å². The van der Waals surface area contributed by atoms with E-state index in [1.807, 2.05) is 19.1 Å². The first-order valence-electron chi connectivity index (χ1n) is 6.11. The minimum atomic E-state index is 0.536. The van der Waals surface area contributed by atoms with Crippen molar-refractivity contribution in [2.24, 2.45) is 0 Å². The van der Waals surface area contributed by atoms with Gasteiger partial charge in [0.05, 0.1) is 12.3 Å². The number of nitrogens with one attached hydrogen (secondary N) is 2. The summed E-state index contributed by atoms with van der Waals surface area (Å²) in [6.07, 6.45) is 2.41. The highest BCUT2D eigenvalue weighted by Gasteiger charge is 2.18. The van der Waals surface area contributed by atoms with Crippen molar-refractivity contribution >= 4 is 11.4 Å². The van der Waals surface area contributed by atoms with Crippen LogP contribution in [0.2, 0.25) is 0 Å². The molecule has 0 bridgehead atoms. The Balaban J connectivity index is 2.17. The molecule has 0 aromatic heterocycles. The monoisotopic (exact) mass is 220 g/mol. The molecule has 2 rings (SSSR count). The summed E-state index contributed by atoms with van der Waals surface area (Å²) < 4.78 is 5.60. The van der Waals surface area contributed by atoms with E-state index in [4.69, 9.17) is 4.74 Å². The third-order valence-electron chi connectivity index (χ3n) is 2.85. The zero-order valence-electron chi connectivity index (χ0n) is 10.0. The van der Waals surface area contributed by atoms with E-state index in [2.05, 4.69) is 23.6 Å². The molecule has 1 aliphatic heterocycles. The largest absolute Gasteiger partial charge is 0.492 e. The van der Waals surface area contributed by atoms with Gasteiger partial charge in [-0.3, -0.25) is 0 Å². The fourth-order valence-electron chi connectivity index (χ4n) is 2.13. The summed E-state index contributed by atoms with van der Waals surface area (Å²) in [6, 6.07) is 6.69. The number of benzene rings is 1. The maximum Gasteiger partial charge on any atom is 0.144 e. The molecule has 0 fully saturated rings. The standard InChI is InChI=1S/C13H20N2O/c1-3-6-10-9-14-13-11(15-10)7-5-8-12(13)16-4-2/h5,7-8,10,14-15H,3-4,6,9H2,1-2H3. The number of ether oxygens (including phenoxy) is 1. The van der Waals surface area contributed by atoms with Crippen molar-refractivity contribution in [3.8, 4) is 5.75 Å². The van der Waals surface area contributed by atoms with Gasteiger partial charge in [0, 0.05) is 12.6 Å². The van der Waals surface area contributed by atoms with Crippen LogP contribution in [0, 0.1) is 0 Å². The molecule has 0 saturated carbocycles. The second-order valence-electron chi connectivity index (χ2n) is 4.12. The van der Waals surface area contributed by atoms with E-state index in [0.29, 0.717) is 12.6 Å². The molecule has 1 unspecified atom stereocenters. The van der Waals surface area contributed by atoms with Crippen LogP contribution < -0.4 is 15.4 Å². The van der Waals surface area contributed by atoms with E-state index < -0.39 is 0 Å². The van der Waals surface area contributed by atoms with Crippen LogP contribution in [0.5, 0.6) is 5.75 Å². The van der Waals surface area contributed by atoms with Crippen molar-refractivity contribution in [3.63, 3.8) is 0 Å². The maximum absolute atomic E-state index is 5.60. The number of fused-ring (bicyclic) bond motifs is 1. The van der Waals surface area contributed by atoms with E-state index in [1.165, 1.54) is 12.8 Å². The minimum absolute atomic E-state index is 0.536. The molecular formula is C13H20N2O. The lowest BCUT2D eigenvalue weighted by atomic mass is 10.1. The average molecular weight is 220 g/mol. The van der Waals surface area contributed by atoms with Crippen LogP contribution in [0.15, 0.2) is 18.2 Å². The van der Waals surface area contributed by atoms with Gasteiger partial charge in [0.15, 0.2) is 0 Å². The fourth-order valence-corrected chi connectivity index (χ4v) is 2.13. The quantitative estimate of drug-likeness (QED) is 0.818. The van der Waals surface area contributed by atoms with Gasteiger partial charge < -0.3 is 15.4 Å². The second kappa shape index (κ2) is 5.10. The van der Waals surface area contributed by atoms with Gasteiger partial charge in [-0.1, -0.05) is 19.4 Å². The van der Waals surface area contributed by atoms with Crippen molar-refractivity contribution in [2.75, 3.05) is 23.8 Å². The van der Waals surface area contributed by atoms with Gasteiger partial charge in [0.25, 0.3) is 0 Å². The van der Waals surface area contributed by atoms with Crippen LogP contribution in [0.4, 0.5) is 11.4 Å². The van der Waals surface area contributed by atoms with Gasteiger partial charge in [-0.25, -0.2) is 0 Å². The lowest BCUT2D eigenvalue weighted by Gasteiger charge is -2.29. The Bertz CT molecular complexity index is 352. The first-order valence-corrected chi connectivity index (χ1v) is 6.11. The van der Waals surface area contributed by atoms with Crippen LogP contribution in [-0.2, 0) is 0 Å². The van der Waals surface area contributed by atoms with Gasteiger partial charge in [-0.15, -0.1) is 0 Å². The Morgan fingerprint density at radius 1 is 1.38 bits per heavy atom. The minimum Gasteiger partial charge on any atom is -0.492 e. The molecule has 0 radical (unpaired) electrons. The van der Waals surface area contributed by atoms with Crippen molar-refractivity contribution < 1.29 is 4.74 Å². The summed E-state index contributed by atoms with van der Waals surface area (Å²) in [7, 11) is 0. The van der Waals surface area contributed by atoms with Crippen LogP contribution in [0.1, 0.15) is 26.7 Å². The van der Waals surface area contributed by atoms with Crippen LogP contribution in [0.25, 0.3) is 0 Å². The predicted molar refractivity (Wildman–Crippen MR) is 68.4 cm³/mol. The first kappa shape index (κ1) is 11.1. The summed E-state index contributed by atoms with van der Waals surface area (Å²) in [5.41, 5.74) is 2.27. The molecule has 0 saturated heterocycles. The highest BCUT2D eigenvalue weighted by molar-refractivity contribution is 5.77. The van der Waals surface area contributed by atoms with E-state index in [0.717, 1.165) is 23.7 Å². The average Bonchev–Trinajstić information content (AvgIpc) is 2.30. The number of para-hydroxylation sites is 1. The highest BCUT2D eigenvalue weighted by atomic mass is 16.5. The lowest BCUT2D eigenvalue weighted by molar-refractivity contribution is 0.341. The number of rotatable bonds is 4. The number of hydrogen-bond donors (Lipinski definition) is 2. The summed E-state index contributed by atoms with van der Waals surface area (Å²) in [4.78, 5) is 0. The van der Waals surface area contributed by atoms with Crippen molar-refractivity contribution in [2.45, 2.75) is 32.7 Å². The molecule has 88 valence electrons. The molecule has 1 aromatic carbocycles. The van der Waals surface area contributed by atoms with Gasteiger partial charge in [-0.2, -0.15) is 0 Å². The van der Waals surface area contributed by atoms with E-state index >= 15 is 0 Å². The van der Waals surface area contributed by atoms with E-state index in [1.54, 1.807) is 0 Å². The fraction of sp³-hybridized carbons (Fsp3) is 0.538. The molecule has 1 aliphatic rings. The summed E-state index contributed by atoms with van der Waals surface area (Å²) >= 11 is 0. The smallest absolute Gasteiger partial charge is 0.144 e. The molecule has 3 nitrogen and oxygen atoms in total. The molecule has 2 N–H and O–H groups in total. The highest BCUT2D eigenvalue weighted by Crippen LogP contribution is 2.35. The third kappa shape index (κ3) is 2.23. The third-order valence-corrected chi connectivity index (χ3v) is 2.85. The first-order chi connectivity index (χ1) is 7.85. The van der Waals surface area contributed by atoms with Gasteiger partial charge >= 0.3 is 0 Å². The lowest BCUT2D eigenvalue weighted by Crippen LogP contribution is -2.32. The second-order valence-corrected chi connectivity index (χ2v) is 4.12. The molecule has 0 aliphatic carbocycles. The molecular weight excluding hydrogens is 200 g/mol. The number of anilines is 2. The van der Waals surface area contributed by atoms with E-state index in [-0.39, 0.29) is 0 Å². The van der Waals surface area contributed by atoms with Gasteiger partial charge in [0.1, 0.15) is 11.4 Å². The summed E-state index contributed by atoms with van der Waals surface area (Å²) in [5.74, 6) is 0.947. The van der Waals surface area contributed by atoms with Gasteiger partial charge in [-0.05, 0) is 25.5 Å². The normalized spacial score (nSPS) is 18.2.